The third-order valence-corrected chi connectivity index (χ3v) is 4.63. The van der Waals surface area contributed by atoms with Crippen LogP contribution in [0.3, 0.4) is 0 Å². The Labute approximate surface area is 153 Å². The van der Waals surface area contributed by atoms with E-state index >= 15 is 0 Å². The molecule has 0 radical (unpaired) electrons. The number of benzene rings is 2. The fourth-order valence-corrected chi connectivity index (χ4v) is 3.32. The van der Waals surface area contributed by atoms with E-state index in [1.165, 1.54) is 0 Å². The number of hydrogen-bond donors (Lipinski definition) is 2. The molecule has 2 aromatic heterocycles. The molecule has 0 bridgehead atoms. The molecule has 2 N–H and O–H groups in total. The topological polar surface area (TPSA) is 83.8 Å². The van der Waals surface area contributed by atoms with Gasteiger partial charge < -0.3 is 9.73 Å². The Kier molecular flexibility index (Phi) is 3.60. The van der Waals surface area contributed by atoms with Gasteiger partial charge in [0.1, 0.15) is 5.52 Å². The van der Waals surface area contributed by atoms with Gasteiger partial charge in [-0.15, -0.1) is 0 Å². The number of nitrogens with zero attached hydrogens (tertiary/aromatic N) is 2. The third kappa shape index (κ3) is 2.81. The van der Waals surface area contributed by atoms with E-state index in [1.807, 2.05) is 54.6 Å². The summed E-state index contributed by atoms with van der Waals surface area (Å²) < 4.78 is 5.69. The largest absolute Gasteiger partial charge is 0.423 e. The summed E-state index contributed by atoms with van der Waals surface area (Å²) in [7, 11) is 0. The maximum absolute atomic E-state index is 12.0. The molecule has 6 nitrogen and oxygen atoms in total. The van der Waals surface area contributed by atoms with Gasteiger partial charge in [-0.2, -0.15) is 10.1 Å². The highest BCUT2D eigenvalue weighted by Gasteiger charge is 2.09. The number of aromatic nitrogens is 3. The van der Waals surface area contributed by atoms with E-state index in [0.717, 1.165) is 46.1 Å². The number of rotatable bonds is 3. The Balaban J connectivity index is 1.48. The highest BCUT2D eigenvalue weighted by molar-refractivity contribution is 5.75. The molecule has 0 fully saturated rings. The predicted molar refractivity (Wildman–Crippen MR) is 105 cm³/mol. The smallest absolute Gasteiger partial charge is 0.300 e. The lowest BCUT2D eigenvalue weighted by Gasteiger charge is -2.07. The van der Waals surface area contributed by atoms with Crippen LogP contribution in [0.1, 0.15) is 12.8 Å². The van der Waals surface area contributed by atoms with Gasteiger partial charge in [0.2, 0.25) is 0 Å². The zero-order valence-corrected chi connectivity index (χ0v) is 14.4. The summed E-state index contributed by atoms with van der Waals surface area (Å²) in [4.78, 5) is 16.4. The Morgan fingerprint density at radius 1 is 0.963 bits per heavy atom. The van der Waals surface area contributed by atoms with E-state index in [9.17, 15) is 4.79 Å². The molecule has 0 spiro atoms. The van der Waals surface area contributed by atoms with Crippen molar-refractivity contribution in [2.24, 2.45) is 0 Å². The van der Waals surface area contributed by atoms with E-state index in [4.69, 9.17) is 4.42 Å². The number of nitrogens with one attached hydrogen (secondary N) is 2. The Bertz CT molecular complexity index is 1280. The lowest BCUT2D eigenvalue weighted by atomic mass is 10.0. The van der Waals surface area contributed by atoms with Crippen molar-refractivity contribution in [3.05, 3.63) is 69.3 Å². The fraction of sp³-hybridized carbons (Fsp3) is 0.0952. The maximum Gasteiger partial charge on any atom is 0.300 e. The average molecular weight is 356 g/mol. The number of para-hydroxylation sites is 2. The molecule has 27 heavy (non-hydrogen) atoms. The first-order valence-corrected chi connectivity index (χ1v) is 8.80. The molecule has 132 valence electrons. The Morgan fingerprint density at radius 3 is 2.56 bits per heavy atom. The van der Waals surface area contributed by atoms with Crippen LogP contribution >= 0.6 is 0 Å². The molecule has 5 rings (SSSR count). The molecule has 6 heteroatoms. The second-order valence-electron chi connectivity index (χ2n) is 6.40. The van der Waals surface area contributed by atoms with E-state index in [1.54, 1.807) is 0 Å². The van der Waals surface area contributed by atoms with Gasteiger partial charge in [0.15, 0.2) is 5.58 Å². The van der Waals surface area contributed by atoms with E-state index in [0.29, 0.717) is 11.2 Å². The van der Waals surface area contributed by atoms with Crippen LogP contribution in [-0.2, 0) is 0 Å². The van der Waals surface area contributed by atoms with Crippen molar-refractivity contribution in [1.82, 2.24) is 15.2 Å². The SMILES string of the molecule is O=c1[nH]nc(-c2ccc(Nc3nc4ccccc4o3)cc2)c2c1=CCCC=2. The first-order valence-electron chi connectivity index (χ1n) is 8.80. The number of fused-ring (bicyclic) bond motifs is 2. The number of hydrogen-bond acceptors (Lipinski definition) is 5. The molecule has 0 saturated heterocycles. The lowest BCUT2D eigenvalue weighted by molar-refractivity contribution is 0.623. The lowest BCUT2D eigenvalue weighted by Crippen LogP contribution is -2.44. The zero-order valence-electron chi connectivity index (χ0n) is 14.4. The van der Waals surface area contributed by atoms with Gasteiger partial charge in [-0.05, 0) is 37.1 Å². The summed E-state index contributed by atoms with van der Waals surface area (Å²) >= 11 is 0. The molecule has 1 aliphatic rings. The average Bonchev–Trinajstić information content (AvgIpc) is 3.12. The molecule has 0 atom stereocenters. The molecule has 0 saturated carbocycles. The molecule has 0 unspecified atom stereocenters. The molecule has 1 aliphatic carbocycles. The number of aromatic amines is 1. The highest BCUT2D eigenvalue weighted by Crippen LogP contribution is 2.23. The van der Waals surface area contributed by atoms with Crippen LogP contribution in [0.25, 0.3) is 34.5 Å². The van der Waals surface area contributed by atoms with Gasteiger partial charge in [-0.25, -0.2) is 5.10 Å². The van der Waals surface area contributed by atoms with E-state index < -0.39 is 0 Å². The first kappa shape index (κ1) is 15.6. The normalized spacial score (nSPS) is 12.9. The minimum Gasteiger partial charge on any atom is -0.423 e. The second kappa shape index (κ2) is 6.25. The molecule has 0 amide bonds. The summed E-state index contributed by atoms with van der Waals surface area (Å²) in [6.45, 7) is 0. The van der Waals surface area contributed by atoms with E-state index in [-0.39, 0.29) is 5.56 Å². The summed E-state index contributed by atoms with van der Waals surface area (Å²) in [6, 6.07) is 15.9. The monoisotopic (exact) mass is 356 g/mol. The Hall–Kier alpha value is -3.67. The van der Waals surface area contributed by atoms with Crippen molar-refractivity contribution in [2.75, 3.05) is 5.32 Å². The standard InChI is InChI=1S/C21H16N4O2/c26-20-16-6-2-1-5-15(16)19(24-25-20)13-9-11-14(12-10-13)22-21-23-17-7-3-4-8-18(17)27-21/h3-12H,1-2H2,(H,22,23)(H,25,26). The van der Waals surface area contributed by atoms with Crippen molar-refractivity contribution in [3.8, 4) is 11.3 Å². The van der Waals surface area contributed by atoms with Crippen LogP contribution in [0.2, 0.25) is 0 Å². The Morgan fingerprint density at radius 2 is 1.74 bits per heavy atom. The van der Waals surface area contributed by atoms with Gasteiger partial charge in [-0.3, -0.25) is 4.79 Å². The molecule has 2 heterocycles. The van der Waals surface area contributed by atoms with Crippen LogP contribution in [0.5, 0.6) is 0 Å². The molecular formula is C21H16N4O2. The van der Waals surface area contributed by atoms with Crippen LogP contribution in [-0.4, -0.2) is 15.2 Å². The minimum atomic E-state index is -0.140. The van der Waals surface area contributed by atoms with Gasteiger partial charge in [-0.1, -0.05) is 36.4 Å². The van der Waals surface area contributed by atoms with Gasteiger partial charge in [0.25, 0.3) is 11.6 Å². The first-order chi connectivity index (χ1) is 13.3. The van der Waals surface area contributed by atoms with E-state index in [2.05, 4.69) is 26.6 Å². The van der Waals surface area contributed by atoms with Crippen LogP contribution in [0, 0.1) is 0 Å². The van der Waals surface area contributed by atoms with Crippen LogP contribution < -0.4 is 21.3 Å². The van der Waals surface area contributed by atoms with Crippen LogP contribution in [0.15, 0.2) is 57.7 Å². The maximum atomic E-state index is 12.0. The van der Waals surface area contributed by atoms with Crippen LogP contribution in [0.4, 0.5) is 11.7 Å². The summed E-state index contributed by atoms with van der Waals surface area (Å²) in [5.41, 5.74) is 4.00. The fourth-order valence-electron chi connectivity index (χ4n) is 3.32. The van der Waals surface area contributed by atoms with Crippen molar-refractivity contribution in [2.45, 2.75) is 12.8 Å². The van der Waals surface area contributed by atoms with Gasteiger partial charge >= 0.3 is 0 Å². The summed E-state index contributed by atoms with van der Waals surface area (Å²) in [5, 5.41) is 11.7. The van der Waals surface area contributed by atoms with Crippen molar-refractivity contribution in [1.29, 1.82) is 0 Å². The number of H-pyrrole nitrogens is 1. The molecular weight excluding hydrogens is 340 g/mol. The second-order valence-corrected chi connectivity index (χ2v) is 6.40. The minimum absolute atomic E-state index is 0.140. The third-order valence-electron chi connectivity index (χ3n) is 4.63. The molecule has 4 aromatic rings. The molecule has 2 aromatic carbocycles. The van der Waals surface area contributed by atoms with Crippen molar-refractivity contribution >= 4 is 35.0 Å². The van der Waals surface area contributed by atoms with Gasteiger partial charge in [0, 0.05) is 21.7 Å². The number of anilines is 2. The zero-order chi connectivity index (χ0) is 18.2. The predicted octanol–water partition coefficient (Wildman–Crippen LogP) is 2.68. The number of oxazole rings is 1. The van der Waals surface area contributed by atoms with Crippen molar-refractivity contribution in [3.63, 3.8) is 0 Å². The summed E-state index contributed by atoms with van der Waals surface area (Å²) in [6.07, 6.45) is 5.86. The quantitative estimate of drug-likeness (QED) is 0.590. The van der Waals surface area contributed by atoms with Crippen molar-refractivity contribution < 1.29 is 4.42 Å². The summed E-state index contributed by atoms with van der Waals surface area (Å²) in [5.74, 6) is 0. The van der Waals surface area contributed by atoms with Gasteiger partial charge in [0.05, 0.1) is 5.69 Å². The highest BCUT2D eigenvalue weighted by atomic mass is 16.4. The molecule has 0 aliphatic heterocycles.